The standard InChI is InChI=1S/C21H16F4/c22-18-11-19(23)21(25)17(20(18)24)10-16-14-7-6-13(9-14)15(16)8-12-4-2-1-3-5-12/h1-5,8,10-11,13-14H,6-7,9H2. The van der Waals surface area contributed by atoms with E-state index in [1.54, 1.807) is 0 Å². The molecule has 25 heavy (non-hydrogen) atoms. The number of halogens is 4. The van der Waals surface area contributed by atoms with Crippen LogP contribution < -0.4 is 0 Å². The molecule has 0 aromatic heterocycles. The fourth-order valence-corrected chi connectivity index (χ4v) is 4.02. The Hall–Kier alpha value is -2.36. The van der Waals surface area contributed by atoms with Crippen LogP contribution in [0.4, 0.5) is 17.6 Å². The van der Waals surface area contributed by atoms with E-state index in [1.165, 1.54) is 6.08 Å². The van der Waals surface area contributed by atoms with Crippen molar-refractivity contribution in [2.75, 3.05) is 0 Å². The third-order valence-corrected chi connectivity index (χ3v) is 5.21. The van der Waals surface area contributed by atoms with E-state index in [-0.39, 0.29) is 12.0 Å². The van der Waals surface area contributed by atoms with E-state index in [9.17, 15) is 17.6 Å². The summed E-state index contributed by atoms with van der Waals surface area (Å²) in [4.78, 5) is 0. The highest BCUT2D eigenvalue weighted by atomic mass is 19.2. The fraction of sp³-hybridized carbons (Fsp3) is 0.238. The first kappa shape index (κ1) is 16.1. The van der Waals surface area contributed by atoms with Crippen molar-refractivity contribution < 1.29 is 17.6 Å². The first-order valence-electron chi connectivity index (χ1n) is 8.36. The van der Waals surface area contributed by atoms with Gasteiger partial charge < -0.3 is 0 Å². The van der Waals surface area contributed by atoms with Crippen LogP contribution in [-0.2, 0) is 0 Å². The normalized spacial score (nSPS) is 25.3. The molecule has 4 rings (SSSR count). The second-order valence-electron chi connectivity index (χ2n) is 6.70. The van der Waals surface area contributed by atoms with Gasteiger partial charge in [-0.1, -0.05) is 36.4 Å². The number of hydrogen-bond donors (Lipinski definition) is 0. The van der Waals surface area contributed by atoms with E-state index in [0.717, 1.165) is 36.0 Å². The van der Waals surface area contributed by atoms with Crippen molar-refractivity contribution in [2.45, 2.75) is 19.3 Å². The van der Waals surface area contributed by atoms with Gasteiger partial charge in [0.15, 0.2) is 23.3 Å². The largest absolute Gasteiger partial charge is 0.204 e. The monoisotopic (exact) mass is 344 g/mol. The predicted octanol–water partition coefficient (Wildman–Crippen LogP) is 6.14. The Morgan fingerprint density at radius 3 is 1.92 bits per heavy atom. The van der Waals surface area contributed by atoms with E-state index < -0.39 is 28.8 Å². The molecule has 2 fully saturated rings. The van der Waals surface area contributed by atoms with Gasteiger partial charge in [0.25, 0.3) is 0 Å². The molecule has 0 nitrogen and oxygen atoms in total. The Morgan fingerprint density at radius 1 is 0.760 bits per heavy atom. The summed E-state index contributed by atoms with van der Waals surface area (Å²) < 4.78 is 55.1. The minimum atomic E-state index is -1.37. The third kappa shape index (κ3) is 2.80. The SMILES string of the molecule is Fc1cc(F)c(F)c(C=C2C(=Cc3ccccc3)C3CCC2C3)c1F. The van der Waals surface area contributed by atoms with Gasteiger partial charge in [0.05, 0.1) is 5.56 Å². The molecule has 2 aliphatic rings. The maximum Gasteiger partial charge on any atom is 0.169 e. The smallest absolute Gasteiger partial charge is 0.169 e. The minimum absolute atomic E-state index is 0.185. The van der Waals surface area contributed by atoms with Crippen LogP contribution in [0, 0.1) is 35.1 Å². The molecule has 0 amide bonds. The summed E-state index contributed by atoms with van der Waals surface area (Å²) in [5, 5.41) is 0. The molecule has 2 unspecified atom stereocenters. The van der Waals surface area contributed by atoms with Crippen molar-refractivity contribution in [1.29, 1.82) is 0 Å². The van der Waals surface area contributed by atoms with Gasteiger partial charge in [-0.2, -0.15) is 0 Å². The second-order valence-corrected chi connectivity index (χ2v) is 6.70. The second kappa shape index (κ2) is 6.17. The summed E-state index contributed by atoms with van der Waals surface area (Å²) in [7, 11) is 0. The third-order valence-electron chi connectivity index (χ3n) is 5.21. The highest BCUT2D eigenvalue weighted by Gasteiger charge is 2.39. The lowest BCUT2D eigenvalue weighted by molar-refractivity contribution is 0.451. The molecule has 0 radical (unpaired) electrons. The Labute approximate surface area is 143 Å². The van der Waals surface area contributed by atoms with Crippen molar-refractivity contribution in [1.82, 2.24) is 0 Å². The van der Waals surface area contributed by atoms with E-state index in [2.05, 4.69) is 0 Å². The molecule has 0 spiro atoms. The number of rotatable bonds is 2. The molecule has 128 valence electrons. The first-order chi connectivity index (χ1) is 12.0. The van der Waals surface area contributed by atoms with E-state index in [0.29, 0.717) is 5.92 Å². The summed E-state index contributed by atoms with van der Waals surface area (Å²) in [6.07, 6.45) is 6.20. The molecular weight excluding hydrogens is 328 g/mol. The zero-order valence-corrected chi connectivity index (χ0v) is 13.4. The molecule has 0 aliphatic heterocycles. The summed E-state index contributed by atoms with van der Waals surface area (Å²) in [5.74, 6) is -4.91. The van der Waals surface area contributed by atoms with Gasteiger partial charge in [0, 0.05) is 6.07 Å². The fourth-order valence-electron chi connectivity index (χ4n) is 4.02. The molecule has 0 heterocycles. The number of benzene rings is 2. The van der Waals surface area contributed by atoms with Gasteiger partial charge in [0.2, 0.25) is 0 Å². The van der Waals surface area contributed by atoms with Crippen LogP contribution in [0.25, 0.3) is 12.2 Å². The molecule has 2 aromatic carbocycles. The maximum atomic E-state index is 14.0. The zero-order chi connectivity index (χ0) is 17.6. The van der Waals surface area contributed by atoms with E-state index in [1.807, 2.05) is 36.4 Å². The number of allylic oxidation sites excluding steroid dienone is 2. The predicted molar refractivity (Wildman–Crippen MR) is 89.5 cm³/mol. The average molecular weight is 344 g/mol. The average Bonchev–Trinajstić information content (AvgIpc) is 3.20. The summed E-state index contributed by atoms with van der Waals surface area (Å²) in [5.41, 5.74) is 2.19. The van der Waals surface area contributed by atoms with Gasteiger partial charge >= 0.3 is 0 Å². The Morgan fingerprint density at radius 2 is 1.32 bits per heavy atom. The molecule has 0 N–H and O–H groups in total. The molecular formula is C21H16F4. The van der Waals surface area contributed by atoms with E-state index in [4.69, 9.17) is 0 Å². The highest BCUT2D eigenvalue weighted by molar-refractivity contribution is 5.70. The van der Waals surface area contributed by atoms with Crippen LogP contribution in [0.5, 0.6) is 0 Å². The molecule has 2 bridgehead atoms. The molecule has 2 aromatic rings. The Kier molecular flexibility index (Phi) is 3.98. The van der Waals surface area contributed by atoms with Gasteiger partial charge in [-0.05, 0) is 53.9 Å². The van der Waals surface area contributed by atoms with Crippen LogP contribution in [0.15, 0.2) is 47.5 Å². The van der Waals surface area contributed by atoms with Crippen molar-refractivity contribution in [3.63, 3.8) is 0 Å². The molecule has 2 saturated carbocycles. The molecule has 2 aliphatic carbocycles. The minimum Gasteiger partial charge on any atom is -0.204 e. The molecule has 2 atom stereocenters. The lowest BCUT2D eigenvalue weighted by atomic mass is 9.87. The quantitative estimate of drug-likeness (QED) is 0.453. The lowest BCUT2D eigenvalue weighted by Gasteiger charge is -2.18. The molecule has 0 saturated heterocycles. The number of fused-ring (bicyclic) bond motifs is 2. The Bertz CT molecular complexity index is 854. The zero-order valence-electron chi connectivity index (χ0n) is 13.4. The van der Waals surface area contributed by atoms with Crippen molar-refractivity contribution in [3.8, 4) is 0 Å². The first-order valence-corrected chi connectivity index (χ1v) is 8.36. The van der Waals surface area contributed by atoms with Crippen molar-refractivity contribution >= 4 is 12.2 Å². The van der Waals surface area contributed by atoms with Gasteiger partial charge in [-0.15, -0.1) is 0 Å². The van der Waals surface area contributed by atoms with Crippen LogP contribution >= 0.6 is 0 Å². The van der Waals surface area contributed by atoms with Gasteiger partial charge in [0.1, 0.15) is 0 Å². The summed E-state index contributed by atoms with van der Waals surface area (Å²) in [6.45, 7) is 0. The van der Waals surface area contributed by atoms with Crippen LogP contribution in [0.2, 0.25) is 0 Å². The summed E-state index contributed by atoms with van der Waals surface area (Å²) >= 11 is 0. The highest BCUT2D eigenvalue weighted by Crippen LogP contribution is 2.53. The van der Waals surface area contributed by atoms with Crippen molar-refractivity contribution in [2.24, 2.45) is 11.8 Å². The summed E-state index contributed by atoms with van der Waals surface area (Å²) in [6, 6.07) is 9.92. The van der Waals surface area contributed by atoms with Gasteiger partial charge in [-0.25, -0.2) is 17.6 Å². The Balaban J connectivity index is 1.84. The van der Waals surface area contributed by atoms with E-state index >= 15 is 0 Å². The van der Waals surface area contributed by atoms with Crippen LogP contribution in [0.3, 0.4) is 0 Å². The van der Waals surface area contributed by atoms with Crippen molar-refractivity contribution in [3.05, 3.63) is 81.9 Å². The molecule has 4 heteroatoms. The van der Waals surface area contributed by atoms with Crippen LogP contribution in [-0.4, -0.2) is 0 Å². The maximum absolute atomic E-state index is 14.0. The van der Waals surface area contributed by atoms with Gasteiger partial charge in [-0.3, -0.25) is 0 Å². The van der Waals surface area contributed by atoms with Crippen LogP contribution in [0.1, 0.15) is 30.4 Å². The number of hydrogen-bond acceptors (Lipinski definition) is 0. The topological polar surface area (TPSA) is 0 Å². The lowest BCUT2D eigenvalue weighted by Crippen LogP contribution is -2.05.